The van der Waals surface area contributed by atoms with Crippen molar-refractivity contribution in [3.05, 3.63) is 45.9 Å². The number of rotatable bonds is 2. The van der Waals surface area contributed by atoms with E-state index in [1.165, 1.54) is 11.3 Å². The van der Waals surface area contributed by atoms with Crippen LogP contribution in [-0.4, -0.2) is 10.9 Å². The molecule has 3 nitrogen and oxygen atoms in total. The Morgan fingerprint density at radius 1 is 1.31 bits per heavy atom. The minimum absolute atomic E-state index is 0.146. The summed E-state index contributed by atoms with van der Waals surface area (Å²) < 4.78 is 0. The highest BCUT2D eigenvalue weighted by atomic mass is 32.1. The van der Waals surface area contributed by atoms with Gasteiger partial charge in [-0.25, -0.2) is 4.98 Å². The van der Waals surface area contributed by atoms with Crippen molar-refractivity contribution in [2.45, 2.75) is 13.8 Å². The van der Waals surface area contributed by atoms with Gasteiger partial charge in [0.05, 0.1) is 0 Å². The standard InChI is InChI=1S/C12H12N2OS/c1-8-5-3-4-6-10(8)14-11(15)12-13-9(2)7-16-12/h3-7H,1-2H3,(H,14,15). The second kappa shape index (κ2) is 4.45. The SMILES string of the molecule is Cc1csc(C(=O)Nc2ccccc2C)n1. The molecule has 0 saturated carbocycles. The van der Waals surface area contributed by atoms with Crippen LogP contribution in [0.1, 0.15) is 21.1 Å². The number of hydrogen-bond acceptors (Lipinski definition) is 3. The molecule has 2 rings (SSSR count). The van der Waals surface area contributed by atoms with Crippen LogP contribution in [0.15, 0.2) is 29.6 Å². The molecule has 0 aliphatic rings. The van der Waals surface area contributed by atoms with Crippen LogP contribution >= 0.6 is 11.3 Å². The topological polar surface area (TPSA) is 42.0 Å². The van der Waals surface area contributed by atoms with Crippen molar-refractivity contribution >= 4 is 22.9 Å². The van der Waals surface area contributed by atoms with E-state index in [4.69, 9.17) is 0 Å². The van der Waals surface area contributed by atoms with Gasteiger partial charge < -0.3 is 5.32 Å². The zero-order valence-corrected chi connectivity index (χ0v) is 9.97. The van der Waals surface area contributed by atoms with Gasteiger partial charge in [0.15, 0.2) is 5.01 Å². The number of hydrogen-bond donors (Lipinski definition) is 1. The molecule has 16 heavy (non-hydrogen) atoms. The Morgan fingerprint density at radius 3 is 2.69 bits per heavy atom. The molecule has 1 N–H and O–H groups in total. The molecule has 0 fully saturated rings. The van der Waals surface area contributed by atoms with Gasteiger partial charge in [0.2, 0.25) is 0 Å². The number of nitrogens with zero attached hydrogens (tertiary/aromatic N) is 1. The lowest BCUT2D eigenvalue weighted by atomic mass is 10.2. The molecule has 1 amide bonds. The van der Waals surface area contributed by atoms with Crippen LogP contribution < -0.4 is 5.32 Å². The molecule has 1 aromatic carbocycles. The molecule has 0 aliphatic carbocycles. The summed E-state index contributed by atoms with van der Waals surface area (Å²) in [5, 5.41) is 5.22. The Labute approximate surface area is 98.2 Å². The lowest BCUT2D eigenvalue weighted by Crippen LogP contribution is -2.12. The molecule has 1 aromatic heterocycles. The average molecular weight is 232 g/mol. The van der Waals surface area contributed by atoms with Gasteiger partial charge in [0.25, 0.3) is 5.91 Å². The fourth-order valence-electron chi connectivity index (χ4n) is 1.35. The van der Waals surface area contributed by atoms with Gasteiger partial charge in [-0.3, -0.25) is 4.79 Å². The lowest BCUT2D eigenvalue weighted by molar-refractivity contribution is 0.102. The summed E-state index contributed by atoms with van der Waals surface area (Å²) in [5.41, 5.74) is 2.75. The molecule has 0 atom stereocenters. The van der Waals surface area contributed by atoms with Gasteiger partial charge in [0, 0.05) is 16.8 Å². The molecule has 0 spiro atoms. The van der Waals surface area contributed by atoms with E-state index < -0.39 is 0 Å². The highest BCUT2D eigenvalue weighted by Crippen LogP contribution is 2.16. The lowest BCUT2D eigenvalue weighted by Gasteiger charge is -2.05. The first-order valence-electron chi connectivity index (χ1n) is 4.96. The van der Waals surface area contributed by atoms with Crippen LogP contribution in [0.3, 0.4) is 0 Å². The fraction of sp³-hybridized carbons (Fsp3) is 0.167. The average Bonchev–Trinajstić information content (AvgIpc) is 2.68. The first-order chi connectivity index (χ1) is 7.66. The van der Waals surface area contributed by atoms with E-state index in [1.807, 2.05) is 43.5 Å². The van der Waals surface area contributed by atoms with Crippen molar-refractivity contribution in [3.63, 3.8) is 0 Å². The highest BCUT2D eigenvalue weighted by molar-refractivity contribution is 7.11. The van der Waals surface area contributed by atoms with Crippen LogP contribution in [0.2, 0.25) is 0 Å². The molecule has 0 aliphatic heterocycles. The number of aromatic nitrogens is 1. The van der Waals surface area contributed by atoms with Crippen molar-refractivity contribution < 1.29 is 4.79 Å². The van der Waals surface area contributed by atoms with Crippen LogP contribution in [0.5, 0.6) is 0 Å². The number of thiazole rings is 1. The van der Waals surface area contributed by atoms with Crippen LogP contribution in [0.4, 0.5) is 5.69 Å². The predicted octanol–water partition coefficient (Wildman–Crippen LogP) is 3.01. The zero-order chi connectivity index (χ0) is 11.5. The smallest absolute Gasteiger partial charge is 0.284 e. The van der Waals surface area contributed by atoms with E-state index >= 15 is 0 Å². The van der Waals surface area contributed by atoms with Crippen LogP contribution in [0.25, 0.3) is 0 Å². The number of carbonyl (C=O) groups is 1. The third kappa shape index (κ3) is 2.28. The maximum Gasteiger partial charge on any atom is 0.284 e. The third-order valence-electron chi connectivity index (χ3n) is 2.21. The summed E-state index contributed by atoms with van der Waals surface area (Å²) in [6, 6.07) is 7.69. The summed E-state index contributed by atoms with van der Waals surface area (Å²) in [5.74, 6) is -0.146. The van der Waals surface area contributed by atoms with Gasteiger partial charge in [-0.1, -0.05) is 18.2 Å². The van der Waals surface area contributed by atoms with E-state index in [1.54, 1.807) is 0 Å². The van der Waals surface area contributed by atoms with Gasteiger partial charge in [-0.2, -0.15) is 0 Å². The second-order valence-corrected chi connectivity index (χ2v) is 4.42. The summed E-state index contributed by atoms with van der Waals surface area (Å²) in [6.07, 6.45) is 0. The molecule has 4 heteroatoms. The number of amides is 1. The Balaban J connectivity index is 2.17. The molecule has 0 unspecified atom stereocenters. The molecule has 82 valence electrons. The quantitative estimate of drug-likeness (QED) is 0.864. The van der Waals surface area contributed by atoms with Gasteiger partial charge >= 0.3 is 0 Å². The van der Waals surface area contributed by atoms with E-state index in [0.29, 0.717) is 5.01 Å². The number of anilines is 1. The van der Waals surface area contributed by atoms with Crippen molar-refractivity contribution in [2.24, 2.45) is 0 Å². The number of nitrogens with one attached hydrogen (secondary N) is 1. The van der Waals surface area contributed by atoms with Crippen LogP contribution in [-0.2, 0) is 0 Å². The van der Waals surface area contributed by atoms with Gasteiger partial charge in [0.1, 0.15) is 0 Å². The van der Waals surface area contributed by atoms with E-state index in [0.717, 1.165) is 16.9 Å². The number of benzene rings is 1. The Kier molecular flexibility index (Phi) is 3.01. The second-order valence-electron chi connectivity index (χ2n) is 3.56. The molecule has 1 heterocycles. The maximum absolute atomic E-state index is 11.8. The van der Waals surface area contributed by atoms with E-state index in [2.05, 4.69) is 10.3 Å². The number of aryl methyl sites for hydroxylation is 2. The Morgan fingerprint density at radius 2 is 2.06 bits per heavy atom. The van der Waals surface area contributed by atoms with Crippen molar-refractivity contribution in [2.75, 3.05) is 5.32 Å². The summed E-state index contributed by atoms with van der Waals surface area (Å²) in [7, 11) is 0. The molecular formula is C12H12N2OS. The molecule has 0 bridgehead atoms. The third-order valence-corrected chi connectivity index (χ3v) is 3.17. The van der Waals surface area contributed by atoms with Crippen molar-refractivity contribution in [1.82, 2.24) is 4.98 Å². The number of para-hydroxylation sites is 1. The summed E-state index contributed by atoms with van der Waals surface area (Å²) in [6.45, 7) is 3.84. The molecule has 2 aromatic rings. The first kappa shape index (κ1) is 10.8. The molecule has 0 radical (unpaired) electrons. The highest BCUT2D eigenvalue weighted by Gasteiger charge is 2.10. The maximum atomic E-state index is 11.8. The van der Waals surface area contributed by atoms with Crippen molar-refractivity contribution in [3.8, 4) is 0 Å². The van der Waals surface area contributed by atoms with Gasteiger partial charge in [-0.05, 0) is 25.5 Å². The van der Waals surface area contributed by atoms with E-state index in [-0.39, 0.29) is 5.91 Å². The molecular weight excluding hydrogens is 220 g/mol. The van der Waals surface area contributed by atoms with E-state index in [9.17, 15) is 4.79 Å². The Bertz CT molecular complexity index is 519. The van der Waals surface area contributed by atoms with Crippen molar-refractivity contribution in [1.29, 1.82) is 0 Å². The zero-order valence-electron chi connectivity index (χ0n) is 9.15. The first-order valence-corrected chi connectivity index (χ1v) is 5.84. The fourth-order valence-corrected chi connectivity index (χ4v) is 2.04. The minimum Gasteiger partial charge on any atom is -0.320 e. The Hall–Kier alpha value is -1.68. The normalized spacial score (nSPS) is 10.1. The monoisotopic (exact) mass is 232 g/mol. The minimum atomic E-state index is -0.146. The predicted molar refractivity (Wildman–Crippen MR) is 66.0 cm³/mol. The van der Waals surface area contributed by atoms with Crippen LogP contribution in [0, 0.1) is 13.8 Å². The number of carbonyl (C=O) groups excluding carboxylic acids is 1. The summed E-state index contributed by atoms with van der Waals surface area (Å²) in [4.78, 5) is 16.0. The summed E-state index contributed by atoms with van der Waals surface area (Å²) >= 11 is 1.36. The van der Waals surface area contributed by atoms with Gasteiger partial charge in [-0.15, -0.1) is 11.3 Å². The molecule has 0 saturated heterocycles. The largest absolute Gasteiger partial charge is 0.320 e.